The Hall–Kier alpha value is -2.24. The molecule has 0 aromatic carbocycles. The molecule has 2 aromatic rings. The quantitative estimate of drug-likeness (QED) is 0.798. The molecule has 0 spiro atoms. The topological polar surface area (TPSA) is 69.9 Å². The summed E-state index contributed by atoms with van der Waals surface area (Å²) in [6.07, 6.45) is 1.82. The molecule has 0 saturated heterocycles. The van der Waals surface area contributed by atoms with Crippen molar-refractivity contribution in [2.24, 2.45) is 5.92 Å². The van der Waals surface area contributed by atoms with E-state index in [0.717, 1.165) is 29.9 Å². The third-order valence-corrected chi connectivity index (χ3v) is 3.07. The van der Waals surface area contributed by atoms with Gasteiger partial charge in [0.25, 0.3) is 5.95 Å². The number of aryl methyl sites for hydroxylation is 3. The van der Waals surface area contributed by atoms with Gasteiger partial charge in [0.2, 0.25) is 5.88 Å². The predicted octanol–water partition coefficient (Wildman–Crippen LogP) is 1.90. The van der Waals surface area contributed by atoms with Crippen molar-refractivity contribution < 1.29 is 9.53 Å². The van der Waals surface area contributed by atoms with Crippen LogP contribution in [-0.2, 0) is 4.79 Å². The number of nitrogens with zero attached hydrogens (tertiary/aromatic N) is 4. The maximum Gasteiger partial charge on any atom is 0.315 e. The highest BCUT2D eigenvalue weighted by atomic mass is 16.5. The van der Waals surface area contributed by atoms with Crippen LogP contribution in [0.2, 0.25) is 0 Å². The first kappa shape index (κ1) is 12.8. The summed E-state index contributed by atoms with van der Waals surface area (Å²) >= 11 is 0. The molecule has 0 aliphatic heterocycles. The molecule has 1 aliphatic rings. The van der Waals surface area contributed by atoms with Crippen LogP contribution in [0.25, 0.3) is 5.95 Å². The lowest BCUT2D eigenvalue weighted by atomic mass is 10.4. The monoisotopic (exact) mass is 272 g/mol. The van der Waals surface area contributed by atoms with E-state index in [9.17, 15) is 4.79 Å². The molecule has 0 N–H and O–H groups in total. The Kier molecular flexibility index (Phi) is 3.00. The lowest BCUT2D eigenvalue weighted by molar-refractivity contribution is -0.136. The van der Waals surface area contributed by atoms with Gasteiger partial charge in [0.05, 0.1) is 11.6 Å². The Morgan fingerprint density at radius 3 is 2.40 bits per heavy atom. The maximum atomic E-state index is 11.8. The lowest BCUT2D eigenvalue weighted by Crippen LogP contribution is -2.14. The van der Waals surface area contributed by atoms with Crippen molar-refractivity contribution in [3.05, 3.63) is 29.2 Å². The van der Waals surface area contributed by atoms with Crippen molar-refractivity contribution in [1.29, 1.82) is 0 Å². The zero-order valence-electron chi connectivity index (χ0n) is 11.8. The van der Waals surface area contributed by atoms with Gasteiger partial charge in [-0.2, -0.15) is 9.78 Å². The van der Waals surface area contributed by atoms with Crippen molar-refractivity contribution in [3.8, 4) is 11.8 Å². The second-order valence-electron chi connectivity index (χ2n) is 5.18. The van der Waals surface area contributed by atoms with Crippen molar-refractivity contribution in [1.82, 2.24) is 19.7 Å². The van der Waals surface area contributed by atoms with E-state index in [1.807, 2.05) is 26.8 Å². The van der Waals surface area contributed by atoms with Gasteiger partial charge in [-0.1, -0.05) is 0 Å². The standard InChI is InChI=1S/C14H16N4O2/c1-8-6-9(2)16-14(15-8)18-12(7-10(3)17-18)20-13(19)11-4-5-11/h6-7,11H,4-5H2,1-3H3. The SMILES string of the molecule is Cc1cc(C)nc(-n2nc(C)cc2OC(=O)C2CC2)n1. The van der Waals surface area contributed by atoms with Gasteiger partial charge >= 0.3 is 5.97 Å². The Morgan fingerprint density at radius 2 is 1.80 bits per heavy atom. The minimum absolute atomic E-state index is 0.0406. The number of ether oxygens (including phenoxy) is 1. The molecule has 6 nitrogen and oxygen atoms in total. The molecule has 0 bridgehead atoms. The molecule has 6 heteroatoms. The van der Waals surface area contributed by atoms with E-state index in [4.69, 9.17) is 4.74 Å². The minimum atomic E-state index is -0.199. The fourth-order valence-corrected chi connectivity index (χ4v) is 2.00. The van der Waals surface area contributed by atoms with Crippen LogP contribution in [0.15, 0.2) is 12.1 Å². The first-order valence-electron chi connectivity index (χ1n) is 6.64. The van der Waals surface area contributed by atoms with E-state index in [1.165, 1.54) is 4.68 Å². The van der Waals surface area contributed by atoms with Gasteiger partial charge in [-0.3, -0.25) is 4.79 Å². The van der Waals surface area contributed by atoms with E-state index in [-0.39, 0.29) is 11.9 Å². The second kappa shape index (κ2) is 4.70. The van der Waals surface area contributed by atoms with Gasteiger partial charge in [0.15, 0.2) is 0 Å². The molecule has 0 radical (unpaired) electrons. The van der Waals surface area contributed by atoms with Crippen LogP contribution in [0.3, 0.4) is 0 Å². The molecular formula is C14H16N4O2. The Labute approximate surface area is 116 Å². The molecule has 2 heterocycles. The number of hydrogen-bond donors (Lipinski definition) is 0. The summed E-state index contributed by atoms with van der Waals surface area (Å²) in [6, 6.07) is 3.61. The molecule has 1 aliphatic carbocycles. The van der Waals surface area contributed by atoms with Crippen molar-refractivity contribution >= 4 is 5.97 Å². The van der Waals surface area contributed by atoms with E-state index < -0.39 is 0 Å². The molecule has 2 aromatic heterocycles. The Balaban J connectivity index is 1.97. The first-order chi connectivity index (χ1) is 9.52. The van der Waals surface area contributed by atoms with E-state index >= 15 is 0 Å². The molecule has 3 rings (SSSR count). The first-order valence-corrected chi connectivity index (χ1v) is 6.64. The summed E-state index contributed by atoms with van der Waals surface area (Å²) in [5.41, 5.74) is 2.45. The molecule has 0 unspecified atom stereocenters. The van der Waals surface area contributed by atoms with Crippen LogP contribution in [0, 0.1) is 26.7 Å². The van der Waals surface area contributed by atoms with Crippen molar-refractivity contribution in [2.75, 3.05) is 0 Å². The average Bonchev–Trinajstić information content (AvgIpc) is 3.13. The number of carbonyl (C=O) groups is 1. The van der Waals surface area contributed by atoms with Crippen LogP contribution in [-0.4, -0.2) is 25.7 Å². The van der Waals surface area contributed by atoms with Gasteiger partial charge in [-0.15, -0.1) is 0 Å². The van der Waals surface area contributed by atoms with Crippen LogP contribution in [0.5, 0.6) is 5.88 Å². The molecule has 1 saturated carbocycles. The third-order valence-electron chi connectivity index (χ3n) is 3.07. The minimum Gasteiger partial charge on any atom is -0.407 e. The molecule has 1 fully saturated rings. The summed E-state index contributed by atoms with van der Waals surface area (Å²) in [5.74, 6) is 0.646. The summed E-state index contributed by atoms with van der Waals surface area (Å²) < 4.78 is 6.89. The van der Waals surface area contributed by atoms with Gasteiger partial charge < -0.3 is 4.74 Å². The second-order valence-corrected chi connectivity index (χ2v) is 5.18. The van der Waals surface area contributed by atoms with E-state index in [2.05, 4.69) is 15.1 Å². The molecule has 0 amide bonds. The normalized spacial score (nSPS) is 14.3. The highest BCUT2D eigenvalue weighted by Crippen LogP contribution is 2.31. The zero-order chi connectivity index (χ0) is 14.3. The molecule has 20 heavy (non-hydrogen) atoms. The fourth-order valence-electron chi connectivity index (χ4n) is 2.00. The Morgan fingerprint density at radius 1 is 1.15 bits per heavy atom. The average molecular weight is 272 g/mol. The smallest absolute Gasteiger partial charge is 0.315 e. The third kappa shape index (κ3) is 2.54. The van der Waals surface area contributed by atoms with Gasteiger partial charge in [0.1, 0.15) is 0 Å². The van der Waals surface area contributed by atoms with Gasteiger partial charge in [0, 0.05) is 17.5 Å². The largest absolute Gasteiger partial charge is 0.407 e. The summed E-state index contributed by atoms with van der Waals surface area (Å²) in [4.78, 5) is 20.5. The maximum absolute atomic E-state index is 11.8. The van der Waals surface area contributed by atoms with E-state index in [0.29, 0.717) is 11.8 Å². The number of aromatic nitrogens is 4. The van der Waals surface area contributed by atoms with Gasteiger partial charge in [-0.25, -0.2) is 9.97 Å². The number of hydrogen-bond acceptors (Lipinski definition) is 5. The van der Waals surface area contributed by atoms with Crippen LogP contribution >= 0.6 is 0 Å². The number of rotatable bonds is 3. The van der Waals surface area contributed by atoms with E-state index in [1.54, 1.807) is 6.07 Å². The summed E-state index contributed by atoms with van der Waals surface area (Å²) in [7, 11) is 0. The lowest BCUT2D eigenvalue weighted by Gasteiger charge is -2.07. The summed E-state index contributed by atoms with van der Waals surface area (Å²) in [6.45, 7) is 5.63. The number of carbonyl (C=O) groups excluding carboxylic acids is 1. The molecular weight excluding hydrogens is 256 g/mol. The highest BCUT2D eigenvalue weighted by Gasteiger charge is 2.32. The van der Waals surface area contributed by atoms with Crippen LogP contribution < -0.4 is 4.74 Å². The predicted molar refractivity (Wildman–Crippen MR) is 71.7 cm³/mol. The van der Waals surface area contributed by atoms with Crippen LogP contribution in [0.4, 0.5) is 0 Å². The highest BCUT2D eigenvalue weighted by molar-refractivity contribution is 5.77. The van der Waals surface area contributed by atoms with Gasteiger partial charge in [-0.05, 0) is 39.7 Å². The fraction of sp³-hybridized carbons (Fsp3) is 0.429. The Bertz CT molecular complexity index is 654. The van der Waals surface area contributed by atoms with Crippen molar-refractivity contribution in [3.63, 3.8) is 0 Å². The molecule has 0 atom stereocenters. The van der Waals surface area contributed by atoms with Crippen molar-refractivity contribution in [2.45, 2.75) is 33.6 Å². The molecule has 104 valence electrons. The van der Waals surface area contributed by atoms with Crippen LogP contribution in [0.1, 0.15) is 29.9 Å². The zero-order valence-corrected chi connectivity index (χ0v) is 11.8. The number of esters is 1. The summed E-state index contributed by atoms with van der Waals surface area (Å²) in [5, 5.41) is 4.31.